The number of halogens is 1. The summed E-state index contributed by atoms with van der Waals surface area (Å²) in [6.45, 7) is 6.72. The van der Waals surface area contributed by atoms with Crippen LogP contribution in [0.15, 0.2) is 0 Å². The van der Waals surface area contributed by atoms with Crippen molar-refractivity contribution in [2.24, 2.45) is 5.92 Å². The molecule has 2 aliphatic heterocycles. The minimum atomic E-state index is -0.111. The summed E-state index contributed by atoms with van der Waals surface area (Å²) in [6.07, 6.45) is 1.40. The highest BCUT2D eigenvalue weighted by atomic mass is 35.5. The minimum Gasteiger partial charge on any atom is -0.342 e. The standard InChI is InChI=1S/C12H21N3O2.ClH/c1-2-14-9-10(8-11(14)16)12(17)15-6-3-4-13-5-7-15;/h10,13H,2-9H2,1H3;1H. The first-order valence-electron chi connectivity index (χ1n) is 6.49. The van der Waals surface area contributed by atoms with E-state index in [1.165, 1.54) is 0 Å². The molecule has 0 aliphatic carbocycles. The molecule has 1 unspecified atom stereocenters. The second-order valence-corrected chi connectivity index (χ2v) is 4.76. The number of nitrogens with one attached hydrogen (secondary N) is 1. The van der Waals surface area contributed by atoms with Gasteiger partial charge >= 0.3 is 0 Å². The van der Waals surface area contributed by atoms with E-state index >= 15 is 0 Å². The average Bonchev–Trinajstić information content (AvgIpc) is 2.56. The molecule has 1 atom stereocenters. The molecule has 2 aliphatic rings. The molecule has 0 radical (unpaired) electrons. The molecule has 6 heteroatoms. The molecule has 0 aromatic rings. The van der Waals surface area contributed by atoms with E-state index in [4.69, 9.17) is 0 Å². The third-order valence-electron chi connectivity index (χ3n) is 3.60. The average molecular weight is 276 g/mol. The number of carbonyl (C=O) groups excluding carboxylic acids is 2. The number of nitrogens with zero attached hydrogens (tertiary/aromatic N) is 2. The summed E-state index contributed by atoms with van der Waals surface area (Å²) in [4.78, 5) is 27.6. The molecule has 2 rings (SSSR count). The first kappa shape index (κ1) is 15.2. The summed E-state index contributed by atoms with van der Waals surface area (Å²) in [6, 6.07) is 0. The van der Waals surface area contributed by atoms with Crippen LogP contribution in [0, 0.1) is 5.92 Å². The van der Waals surface area contributed by atoms with E-state index in [2.05, 4.69) is 5.32 Å². The lowest BCUT2D eigenvalue weighted by molar-refractivity contribution is -0.135. The van der Waals surface area contributed by atoms with E-state index < -0.39 is 0 Å². The lowest BCUT2D eigenvalue weighted by Gasteiger charge is -2.23. The van der Waals surface area contributed by atoms with Crippen molar-refractivity contribution in [1.29, 1.82) is 0 Å². The largest absolute Gasteiger partial charge is 0.342 e. The van der Waals surface area contributed by atoms with Crippen molar-refractivity contribution < 1.29 is 9.59 Å². The molecule has 2 saturated heterocycles. The number of amides is 2. The molecule has 2 fully saturated rings. The van der Waals surface area contributed by atoms with Crippen LogP contribution < -0.4 is 5.32 Å². The number of rotatable bonds is 2. The Morgan fingerprint density at radius 2 is 2.17 bits per heavy atom. The van der Waals surface area contributed by atoms with Crippen molar-refractivity contribution >= 4 is 24.2 Å². The molecule has 0 saturated carbocycles. The summed E-state index contributed by atoms with van der Waals surface area (Å²) < 4.78 is 0. The second-order valence-electron chi connectivity index (χ2n) is 4.76. The number of hydrogen-bond acceptors (Lipinski definition) is 3. The Balaban J connectivity index is 0.00000162. The highest BCUT2D eigenvalue weighted by Crippen LogP contribution is 2.20. The Morgan fingerprint density at radius 1 is 1.39 bits per heavy atom. The van der Waals surface area contributed by atoms with E-state index in [-0.39, 0.29) is 30.1 Å². The maximum atomic E-state index is 12.3. The van der Waals surface area contributed by atoms with Gasteiger partial charge in [0, 0.05) is 39.1 Å². The SMILES string of the molecule is CCN1CC(C(=O)N2CCCNCC2)CC1=O.Cl. The predicted octanol–water partition coefficient (Wildman–Crippen LogP) is 0.0985. The van der Waals surface area contributed by atoms with Gasteiger partial charge in [0.25, 0.3) is 0 Å². The van der Waals surface area contributed by atoms with E-state index in [1.807, 2.05) is 11.8 Å². The van der Waals surface area contributed by atoms with Gasteiger partial charge in [-0.3, -0.25) is 9.59 Å². The van der Waals surface area contributed by atoms with Gasteiger partial charge < -0.3 is 15.1 Å². The maximum Gasteiger partial charge on any atom is 0.228 e. The van der Waals surface area contributed by atoms with Crippen molar-refractivity contribution in [2.75, 3.05) is 39.3 Å². The molecule has 0 aromatic heterocycles. The van der Waals surface area contributed by atoms with Gasteiger partial charge in [0.05, 0.1) is 5.92 Å². The van der Waals surface area contributed by atoms with Gasteiger partial charge in [-0.25, -0.2) is 0 Å². The lowest BCUT2D eigenvalue weighted by atomic mass is 10.1. The Bertz CT molecular complexity index is 304. The third-order valence-corrected chi connectivity index (χ3v) is 3.60. The van der Waals surface area contributed by atoms with Crippen molar-refractivity contribution in [3.05, 3.63) is 0 Å². The van der Waals surface area contributed by atoms with Crippen molar-refractivity contribution in [2.45, 2.75) is 19.8 Å². The van der Waals surface area contributed by atoms with Gasteiger partial charge in [0.15, 0.2) is 0 Å². The van der Waals surface area contributed by atoms with Crippen molar-refractivity contribution in [1.82, 2.24) is 15.1 Å². The zero-order valence-corrected chi connectivity index (χ0v) is 11.7. The normalized spacial score (nSPS) is 24.7. The molecular weight excluding hydrogens is 254 g/mol. The lowest BCUT2D eigenvalue weighted by Crippen LogP contribution is -2.39. The van der Waals surface area contributed by atoms with Crippen LogP contribution in [0.3, 0.4) is 0 Å². The summed E-state index contributed by atoms with van der Waals surface area (Å²) in [7, 11) is 0. The van der Waals surface area contributed by atoms with Gasteiger partial charge in [0.1, 0.15) is 0 Å². The minimum absolute atomic E-state index is 0. The fraction of sp³-hybridized carbons (Fsp3) is 0.833. The van der Waals surface area contributed by atoms with Crippen LogP contribution in [0.1, 0.15) is 19.8 Å². The quantitative estimate of drug-likeness (QED) is 0.778. The fourth-order valence-corrected chi connectivity index (χ4v) is 2.57. The second kappa shape index (κ2) is 6.95. The molecule has 104 valence electrons. The summed E-state index contributed by atoms with van der Waals surface area (Å²) in [5, 5.41) is 3.28. The third kappa shape index (κ3) is 3.36. The summed E-state index contributed by atoms with van der Waals surface area (Å²) >= 11 is 0. The smallest absolute Gasteiger partial charge is 0.228 e. The van der Waals surface area contributed by atoms with Gasteiger partial charge in [0.2, 0.25) is 11.8 Å². The van der Waals surface area contributed by atoms with Gasteiger partial charge in [-0.15, -0.1) is 12.4 Å². The first-order valence-corrected chi connectivity index (χ1v) is 6.49. The van der Waals surface area contributed by atoms with Crippen LogP contribution in [0.5, 0.6) is 0 Å². The van der Waals surface area contributed by atoms with E-state index in [9.17, 15) is 9.59 Å². The van der Waals surface area contributed by atoms with Crippen molar-refractivity contribution in [3.63, 3.8) is 0 Å². The molecule has 0 spiro atoms. The molecule has 18 heavy (non-hydrogen) atoms. The van der Waals surface area contributed by atoms with Gasteiger partial charge in [-0.2, -0.15) is 0 Å². The van der Waals surface area contributed by atoms with Crippen LogP contribution in [-0.4, -0.2) is 60.9 Å². The van der Waals surface area contributed by atoms with E-state index in [1.54, 1.807) is 4.90 Å². The first-order chi connectivity index (χ1) is 8.22. The van der Waals surface area contributed by atoms with Gasteiger partial charge in [-0.1, -0.05) is 0 Å². The highest BCUT2D eigenvalue weighted by Gasteiger charge is 2.35. The Morgan fingerprint density at radius 3 is 2.83 bits per heavy atom. The number of hydrogen-bond donors (Lipinski definition) is 1. The number of likely N-dealkylation sites (tertiary alicyclic amines) is 1. The Labute approximate surface area is 114 Å². The molecular formula is C12H22ClN3O2. The molecule has 1 N–H and O–H groups in total. The zero-order valence-electron chi connectivity index (χ0n) is 10.9. The maximum absolute atomic E-state index is 12.3. The van der Waals surface area contributed by atoms with Crippen LogP contribution in [-0.2, 0) is 9.59 Å². The Hall–Kier alpha value is -0.810. The van der Waals surface area contributed by atoms with Crippen LogP contribution in [0.4, 0.5) is 0 Å². The molecule has 0 aromatic carbocycles. The molecule has 0 bridgehead atoms. The van der Waals surface area contributed by atoms with Crippen LogP contribution in [0.2, 0.25) is 0 Å². The van der Waals surface area contributed by atoms with Crippen molar-refractivity contribution in [3.8, 4) is 0 Å². The predicted molar refractivity (Wildman–Crippen MR) is 71.7 cm³/mol. The highest BCUT2D eigenvalue weighted by molar-refractivity contribution is 5.89. The molecule has 2 heterocycles. The monoisotopic (exact) mass is 275 g/mol. The zero-order chi connectivity index (χ0) is 12.3. The van der Waals surface area contributed by atoms with Crippen LogP contribution >= 0.6 is 12.4 Å². The van der Waals surface area contributed by atoms with Crippen LogP contribution in [0.25, 0.3) is 0 Å². The molecule has 5 nitrogen and oxygen atoms in total. The molecule has 2 amide bonds. The topological polar surface area (TPSA) is 52.7 Å². The summed E-state index contributed by atoms with van der Waals surface area (Å²) in [5.74, 6) is 0.178. The number of carbonyl (C=O) groups is 2. The van der Waals surface area contributed by atoms with E-state index in [0.717, 1.165) is 32.6 Å². The van der Waals surface area contributed by atoms with Gasteiger partial charge in [-0.05, 0) is 19.9 Å². The van der Waals surface area contributed by atoms with E-state index in [0.29, 0.717) is 19.5 Å². The summed E-state index contributed by atoms with van der Waals surface area (Å²) in [5.41, 5.74) is 0. The Kier molecular flexibility index (Phi) is 5.88. The fourth-order valence-electron chi connectivity index (χ4n) is 2.57.